The van der Waals surface area contributed by atoms with Gasteiger partial charge < -0.3 is 14.8 Å². The lowest BCUT2D eigenvalue weighted by Gasteiger charge is -2.25. The van der Waals surface area contributed by atoms with Crippen molar-refractivity contribution in [1.29, 1.82) is 0 Å². The van der Waals surface area contributed by atoms with Gasteiger partial charge in [0.25, 0.3) is 0 Å². The molecule has 1 N–H and O–H groups in total. The van der Waals surface area contributed by atoms with E-state index >= 15 is 0 Å². The minimum Gasteiger partial charge on any atom is -0.346 e. The topological polar surface area (TPSA) is 79.2 Å². The highest BCUT2D eigenvalue weighted by Gasteiger charge is 2.39. The first-order valence-corrected chi connectivity index (χ1v) is 10.7. The van der Waals surface area contributed by atoms with Gasteiger partial charge in [-0.05, 0) is 50.1 Å². The van der Waals surface area contributed by atoms with Gasteiger partial charge in [-0.2, -0.15) is 4.98 Å². The molecule has 1 aliphatic heterocycles. The van der Waals surface area contributed by atoms with Gasteiger partial charge >= 0.3 is 6.03 Å². The third kappa shape index (κ3) is 4.41. The summed E-state index contributed by atoms with van der Waals surface area (Å²) in [5.74, 6) is 0.110. The summed E-state index contributed by atoms with van der Waals surface area (Å²) in [6.07, 6.45) is 5.05. The number of imidazole rings is 1. The van der Waals surface area contributed by atoms with Crippen molar-refractivity contribution >= 4 is 29.4 Å². The maximum atomic E-state index is 13.3. The molecule has 1 aliphatic rings. The summed E-state index contributed by atoms with van der Waals surface area (Å²) in [6, 6.07) is 6.87. The zero-order chi connectivity index (χ0) is 26.4. The summed E-state index contributed by atoms with van der Waals surface area (Å²) < 4.78 is 35.1. The number of rotatable bonds is 7. The van der Waals surface area contributed by atoms with Crippen LogP contribution >= 0.6 is 11.6 Å². The fourth-order valence-electron chi connectivity index (χ4n) is 3.46. The van der Waals surface area contributed by atoms with Crippen LogP contribution in [0.1, 0.15) is 44.9 Å². The lowest BCUT2D eigenvalue weighted by Crippen LogP contribution is -2.38. The zero-order valence-electron chi connectivity index (χ0n) is 22.3. The van der Waals surface area contributed by atoms with Crippen molar-refractivity contribution in [3.8, 4) is 5.69 Å². The van der Waals surface area contributed by atoms with Crippen molar-refractivity contribution < 1.29 is 10.3 Å². The molecule has 0 spiro atoms. The Bertz CT molecular complexity index is 1250. The number of benzene rings is 1. The summed E-state index contributed by atoms with van der Waals surface area (Å²) in [5.41, 5.74) is 1.64. The van der Waals surface area contributed by atoms with E-state index in [4.69, 9.17) is 17.1 Å². The monoisotopic (exact) mass is 457 g/mol. The van der Waals surface area contributed by atoms with E-state index in [0.717, 1.165) is 11.4 Å². The van der Waals surface area contributed by atoms with Gasteiger partial charge in [-0.3, -0.25) is 4.90 Å². The molecule has 9 heteroatoms. The van der Waals surface area contributed by atoms with Crippen molar-refractivity contribution in [2.24, 2.45) is 5.92 Å². The van der Waals surface area contributed by atoms with E-state index in [1.54, 1.807) is 32.3 Å². The first-order valence-electron chi connectivity index (χ1n) is 12.3. The van der Waals surface area contributed by atoms with Crippen LogP contribution in [0.25, 0.3) is 5.69 Å². The Balaban J connectivity index is 1.59. The third-order valence-electron chi connectivity index (χ3n) is 5.20. The normalized spacial score (nSPS) is 21.2. The number of halogens is 1. The van der Waals surface area contributed by atoms with E-state index in [9.17, 15) is 4.79 Å². The molecule has 2 aromatic heterocycles. The molecule has 0 saturated carbocycles. The second kappa shape index (κ2) is 9.16. The number of hydrogen-bond acceptors (Lipinski definition) is 5. The fourth-order valence-corrected chi connectivity index (χ4v) is 3.58. The smallest absolute Gasteiger partial charge is 0.326 e. The molecule has 32 heavy (non-hydrogen) atoms. The average molecular weight is 458 g/mol. The molecule has 2 amide bonds. The predicted molar refractivity (Wildman–Crippen MR) is 126 cm³/mol. The van der Waals surface area contributed by atoms with Crippen molar-refractivity contribution in [2.75, 3.05) is 23.2 Å². The van der Waals surface area contributed by atoms with Gasteiger partial charge in [0.15, 0.2) is 0 Å². The van der Waals surface area contributed by atoms with E-state index < -0.39 is 25.1 Å². The number of carbonyl (C=O) groups is 1. The van der Waals surface area contributed by atoms with Gasteiger partial charge in [0.05, 0.1) is 26.8 Å². The fraction of sp³-hybridized carbons (Fsp3) is 0.391. The Kier molecular flexibility index (Phi) is 4.99. The molecule has 1 aromatic carbocycles. The molecule has 0 aliphatic carbocycles. The number of likely N-dealkylation sites (N-methyl/N-ethyl adjacent to an activating group) is 1. The summed E-state index contributed by atoms with van der Waals surface area (Å²) in [7, 11) is 0. The Morgan fingerprint density at radius 1 is 1.25 bits per heavy atom. The molecule has 1 fully saturated rings. The second-order valence-corrected chi connectivity index (χ2v) is 8.25. The first kappa shape index (κ1) is 17.4. The zero-order valence-corrected chi connectivity index (χ0v) is 19.1. The molecule has 8 nitrogen and oxygen atoms in total. The van der Waals surface area contributed by atoms with E-state index in [-0.39, 0.29) is 23.7 Å². The van der Waals surface area contributed by atoms with Crippen LogP contribution in [-0.2, 0) is 0 Å². The Hall–Kier alpha value is -3.13. The maximum absolute atomic E-state index is 13.3. The molecule has 0 bridgehead atoms. The number of anilines is 2. The van der Waals surface area contributed by atoms with Gasteiger partial charge in [0, 0.05) is 38.8 Å². The molecule has 0 unspecified atom stereocenters. The van der Waals surface area contributed by atoms with Crippen LogP contribution in [0.3, 0.4) is 0 Å². The number of aromatic nitrogens is 4. The quantitative estimate of drug-likeness (QED) is 0.552. The number of hydrogen-bond donors (Lipinski definition) is 1. The molecule has 2 atom stereocenters. The van der Waals surface area contributed by atoms with Crippen LogP contribution in [0.2, 0.25) is 5.02 Å². The van der Waals surface area contributed by atoms with Gasteiger partial charge in [0.1, 0.15) is 5.82 Å². The highest BCUT2D eigenvalue weighted by molar-refractivity contribution is 6.30. The molecule has 168 valence electrons. The van der Waals surface area contributed by atoms with E-state index in [0.29, 0.717) is 9.92 Å². The molecule has 3 aromatic rings. The van der Waals surface area contributed by atoms with Gasteiger partial charge in [0.2, 0.25) is 5.95 Å². The summed E-state index contributed by atoms with van der Waals surface area (Å²) in [5, 5.41) is 3.83. The van der Waals surface area contributed by atoms with Gasteiger partial charge in [-0.1, -0.05) is 25.4 Å². The number of urea groups is 1. The Morgan fingerprint density at radius 2 is 2.00 bits per heavy atom. The SMILES string of the molecule is [2H]C([2H])(C)N1C(=O)N(c2ccnc(N[C@@H](C)c3cn(-c4ccc(Cl)cc4)cn3)n2)[C@@H](C(C)C)C1([2H])[2H]. The lowest BCUT2D eigenvalue weighted by atomic mass is 10.0. The standard InChI is InChI=1S/C23H28ClN7O/c1-5-29-13-20(15(2)3)31(23(29)32)21-10-11-25-22(28-21)27-16(4)19-12-30(14-26-19)18-8-6-17(24)7-9-18/h6-12,14-16,20H,5,13H2,1-4H3,(H,25,27,28)/t16-,20+/m0/s1/i5D2,13D2. The average Bonchev–Trinajstić information content (AvgIpc) is 3.34. The van der Waals surface area contributed by atoms with Crippen molar-refractivity contribution in [1.82, 2.24) is 24.4 Å². The van der Waals surface area contributed by atoms with Crippen molar-refractivity contribution in [3.05, 3.63) is 59.8 Å². The van der Waals surface area contributed by atoms with E-state index in [1.807, 2.05) is 29.8 Å². The van der Waals surface area contributed by atoms with Crippen LogP contribution < -0.4 is 10.2 Å². The molecule has 1 saturated heterocycles. The highest BCUT2D eigenvalue weighted by atomic mass is 35.5. The van der Waals surface area contributed by atoms with Gasteiger partial charge in [-0.25, -0.2) is 14.8 Å². The van der Waals surface area contributed by atoms with Crippen LogP contribution in [0.4, 0.5) is 16.6 Å². The van der Waals surface area contributed by atoms with Gasteiger partial charge in [-0.15, -0.1) is 0 Å². The van der Waals surface area contributed by atoms with Crippen molar-refractivity contribution in [2.45, 2.75) is 39.8 Å². The largest absolute Gasteiger partial charge is 0.346 e. The number of nitrogens with one attached hydrogen (secondary N) is 1. The summed E-state index contributed by atoms with van der Waals surface area (Å²) in [6.45, 7) is 2.20. The highest BCUT2D eigenvalue weighted by Crippen LogP contribution is 2.28. The Labute approximate surface area is 198 Å². The maximum Gasteiger partial charge on any atom is 0.326 e. The van der Waals surface area contributed by atoms with Crippen molar-refractivity contribution in [3.63, 3.8) is 0 Å². The predicted octanol–water partition coefficient (Wildman–Crippen LogP) is 4.78. The number of amides is 2. The van der Waals surface area contributed by atoms with Crippen LogP contribution in [0.15, 0.2) is 49.1 Å². The summed E-state index contributed by atoms with van der Waals surface area (Å²) >= 11 is 5.97. The molecule has 0 radical (unpaired) electrons. The first-order chi connectivity index (χ1) is 16.8. The molecule has 4 rings (SSSR count). The molecular weight excluding hydrogens is 426 g/mol. The Morgan fingerprint density at radius 3 is 2.69 bits per heavy atom. The minimum atomic E-state index is -2.25. The number of carbonyl (C=O) groups excluding carboxylic acids is 1. The second-order valence-electron chi connectivity index (χ2n) is 7.82. The number of nitrogens with zero attached hydrogens (tertiary/aromatic N) is 6. The molecular formula is C23H28ClN7O. The van der Waals surface area contributed by atoms with Crippen LogP contribution in [0.5, 0.6) is 0 Å². The molecule has 3 heterocycles. The minimum absolute atomic E-state index is 0.186. The third-order valence-corrected chi connectivity index (χ3v) is 5.45. The van der Waals surface area contributed by atoms with E-state index in [1.165, 1.54) is 24.1 Å². The van der Waals surface area contributed by atoms with Crippen LogP contribution in [-0.4, -0.2) is 49.5 Å². The van der Waals surface area contributed by atoms with E-state index in [2.05, 4.69) is 20.3 Å². The lowest BCUT2D eigenvalue weighted by molar-refractivity contribution is 0.222. The van der Waals surface area contributed by atoms with Crippen LogP contribution in [0, 0.1) is 5.92 Å². The summed E-state index contributed by atoms with van der Waals surface area (Å²) in [4.78, 5) is 28.3.